The van der Waals surface area contributed by atoms with Gasteiger partial charge in [0.25, 0.3) is 0 Å². The molecule has 0 radical (unpaired) electrons. The van der Waals surface area contributed by atoms with Crippen LogP contribution in [0.1, 0.15) is 6.92 Å². The van der Waals surface area contributed by atoms with Crippen molar-refractivity contribution in [3.63, 3.8) is 0 Å². The molecule has 7 nitrogen and oxygen atoms in total. The summed E-state index contributed by atoms with van der Waals surface area (Å²) in [6.07, 6.45) is 0. The van der Waals surface area contributed by atoms with E-state index in [0.717, 1.165) is 11.8 Å². The molecule has 1 aromatic rings. The number of nitrogens with one attached hydrogen (secondary N) is 2. The number of carbonyl (C=O) groups excluding carboxylic acids is 2. The van der Waals surface area contributed by atoms with Crippen molar-refractivity contribution in [3.8, 4) is 0 Å². The third-order valence-corrected chi connectivity index (χ3v) is 2.77. The fourth-order valence-corrected chi connectivity index (χ4v) is 1.90. The van der Waals surface area contributed by atoms with Gasteiger partial charge in [0.15, 0.2) is 0 Å². The largest absolute Gasteiger partial charge is 0.458 e. The Morgan fingerprint density at radius 3 is 2.85 bits per heavy atom. The van der Waals surface area contributed by atoms with Crippen molar-refractivity contribution in [2.24, 2.45) is 10.7 Å². The summed E-state index contributed by atoms with van der Waals surface area (Å²) < 4.78 is 4.83. The monoisotopic (exact) mass is 296 g/mol. The Morgan fingerprint density at radius 1 is 1.45 bits per heavy atom. The van der Waals surface area contributed by atoms with Gasteiger partial charge in [-0.15, -0.1) is 0 Å². The Kier molecular flexibility index (Phi) is 6.38. The van der Waals surface area contributed by atoms with E-state index in [9.17, 15) is 9.59 Å². The zero-order valence-electron chi connectivity index (χ0n) is 11.2. The highest BCUT2D eigenvalue weighted by Crippen LogP contribution is 2.24. The van der Waals surface area contributed by atoms with Gasteiger partial charge in [-0.3, -0.25) is 5.32 Å². The second-order valence-electron chi connectivity index (χ2n) is 3.48. The first kappa shape index (κ1) is 15.8. The standard InChI is InChI=1S/C12H16N4O3S/c1-3-19-12(18)20-9-6-4-5-8(7-9)15-10(13)16-11(17)14-2/h4-7H,3H2,1-2H3,(H4,13,14,15,16,17). The van der Waals surface area contributed by atoms with Gasteiger partial charge in [0, 0.05) is 11.9 Å². The molecule has 108 valence electrons. The summed E-state index contributed by atoms with van der Waals surface area (Å²) in [6.45, 7) is 2.07. The van der Waals surface area contributed by atoms with Crippen molar-refractivity contribution in [1.82, 2.24) is 10.6 Å². The Hall–Kier alpha value is -2.22. The van der Waals surface area contributed by atoms with E-state index in [-0.39, 0.29) is 11.3 Å². The highest BCUT2D eigenvalue weighted by molar-refractivity contribution is 8.13. The average Bonchev–Trinajstić information content (AvgIpc) is 2.38. The lowest BCUT2D eigenvalue weighted by Gasteiger charge is -2.04. The van der Waals surface area contributed by atoms with E-state index in [0.29, 0.717) is 17.2 Å². The Morgan fingerprint density at radius 2 is 2.20 bits per heavy atom. The molecule has 0 heterocycles. The molecule has 0 saturated heterocycles. The number of guanidine groups is 1. The molecule has 0 unspecified atom stereocenters. The van der Waals surface area contributed by atoms with E-state index < -0.39 is 6.03 Å². The summed E-state index contributed by atoms with van der Waals surface area (Å²) >= 11 is 0.957. The molecular formula is C12H16N4O3S. The van der Waals surface area contributed by atoms with E-state index in [1.165, 1.54) is 7.05 Å². The number of benzene rings is 1. The van der Waals surface area contributed by atoms with E-state index in [2.05, 4.69) is 15.6 Å². The fourth-order valence-electron chi connectivity index (χ4n) is 1.21. The quantitative estimate of drug-likeness (QED) is 0.341. The number of hydrogen-bond acceptors (Lipinski definition) is 5. The highest BCUT2D eigenvalue weighted by Gasteiger charge is 2.06. The molecule has 1 aromatic carbocycles. The Bertz CT molecular complexity index is 519. The van der Waals surface area contributed by atoms with Crippen molar-refractivity contribution in [2.75, 3.05) is 13.7 Å². The van der Waals surface area contributed by atoms with Gasteiger partial charge in [-0.25, -0.2) is 14.6 Å². The lowest BCUT2D eigenvalue weighted by Crippen LogP contribution is -2.41. The van der Waals surface area contributed by atoms with E-state index in [1.807, 2.05) is 0 Å². The third-order valence-electron chi connectivity index (χ3n) is 2.00. The van der Waals surface area contributed by atoms with Crippen molar-refractivity contribution in [1.29, 1.82) is 0 Å². The van der Waals surface area contributed by atoms with Crippen LogP contribution in [0.15, 0.2) is 34.2 Å². The molecule has 0 aliphatic carbocycles. The second kappa shape index (κ2) is 8.05. The van der Waals surface area contributed by atoms with Gasteiger partial charge in [0.2, 0.25) is 5.96 Å². The van der Waals surface area contributed by atoms with Crippen LogP contribution in [-0.4, -0.2) is 30.9 Å². The van der Waals surface area contributed by atoms with Crippen molar-refractivity contribution < 1.29 is 14.3 Å². The van der Waals surface area contributed by atoms with Gasteiger partial charge in [-0.2, -0.15) is 0 Å². The molecule has 2 amide bonds. The Labute approximate surface area is 121 Å². The van der Waals surface area contributed by atoms with Crippen molar-refractivity contribution in [3.05, 3.63) is 24.3 Å². The molecule has 1 rings (SSSR count). The summed E-state index contributed by atoms with van der Waals surface area (Å²) in [5.41, 5.74) is 6.08. The molecule has 20 heavy (non-hydrogen) atoms. The third kappa shape index (κ3) is 5.61. The number of aliphatic imine (C=N–C) groups is 1. The number of nitrogens with two attached hydrogens (primary N) is 1. The molecule has 0 fully saturated rings. The number of thioether (sulfide) groups is 1. The molecule has 0 aliphatic rings. The van der Waals surface area contributed by atoms with Crippen LogP contribution >= 0.6 is 11.8 Å². The second-order valence-corrected chi connectivity index (χ2v) is 4.49. The summed E-state index contributed by atoms with van der Waals surface area (Å²) in [4.78, 5) is 27.1. The normalized spacial score (nSPS) is 10.8. The van der Waals surface area contributed by atoms with Crippen molar-refractivity contribution in [2.45, 2.75) is 11.8 Å². The zero-order chi connectivity index (χ0) is 15.0. The van der Waals surface area contributed by atoms with Gasteiger partial charge in [-0.05, 0) is 36.9 Å². The van der Waals surface area contributed by atoms with E-state index >= 15 is 0 Å². The van der Waals surface area contributed by atoms with Crippen LogP contribution in [0.25, 0.3) is 0 Å². The first-order valence-electron chi connectivity index (χ1n) is 5.82. The minimum Gasteiger partial charge on any atom is -0.458 e. The van der Waals surface area contributed by atoms with Crippen molar-refractivity contribution >= 4 is 34.7 Å². The molecule has 0 bridgehead atoms. The van der Waals surface area contributed by atoms with Crippen LogP contribution in [0.2, 0.25) is 0 Å². The van der Waals surface area contributed by atoms with Gasteiger partial charge < -0.3 is 15.8 Å². The lowest BCUT2D eigenvalue weighted by atomic mass is 10.3. The molecule has 8 heteroatoms. The molecule has 4 N–H and O–H groups in total. The van der Waals surface area contributed by atoms with Crippen LogP contribution in [0.3, 0.4) is 0 Å². The maximum absolute atomic E-state index is 11.3. The number of nitrogens with zero attached hydrogens (tertiary/aromatic N) is 1. The number of rotatable bonds is 3. The first-order chi connectivity index (χ1) is 9.55. The minimum atomic E-state index is -0.455. The maximum atomic E-state index is 11.3. The zero-order valence-corrected chi connectivity index (χ0v) is 12.0. The molecule has 0 aromatic heterocycles. The van der Waals surface area contributed by atoms with Crippen LogP contribution in [0, 0.1) is 0 Å². The van der Waals surface area contributed by atoms with Crippen LogP contribution < -0.4 is 16.4 Å². The molecule has 0 saturated carbocycles. The number of ether oxygens (including phenoxy) is 1. The highest BCUT2D eigenvalue weighted by atomic mass is 32.2. The summed E-state index contributed by atoms with van der Waals surface area (Å²) in [5, 5.41) is 4.31. The summed E-state index contributed by atoms with van der Waals surface area (Å²) in [7, 11) is 1.47. The number of carbonyl (C=O) groups is 2. The maximum Gasteiger partial charge on any atom is 0.372 e. The molecule has 0 atom stereocenters. The van der Waals surface area contributed by atoms with Gasteiger partial charge in [0.1, 0.15) is 0 Å². The predicted molar refractivity (Wildman–Crippen MR) is 78.2 cm³/mol. The molecule has 0 spiro atoms. The van der Waals surface area contributed by atoms with E-state index in [4.69, 9.17) is 10.5 Å². The fraction of sp³-hybridized carbons (Fsp3) is 0.250. The van der Waals surface area contributed by atoms with Gasteiger partial charge in [0.05, 0.1) is 12.3 Å². The molecule has 0 aliphatic heterocycles. The topological polar surface area (TPSA) is 106 Å². The van der Waals surface area contributed by atoms with Gasteiger partial charge in [-0.1, -0.05) is 6.07 Å². The first-order valence-corrected chi connectivity index (χ1v) is 6.64. The van der Waals surface area contributed by atoms with Crippen LogP contribution in [0.5, 0.6) is 0 Å². The predicted octanol–water partition coefficient (Wildman–Crippen LogP) is 1.81. The number of hydrogen-bond donors (Lipinski definition) is 3. The molecular weight excluding hydrogens is 280 g/mol. The van der Waals surface area contributed by atoms with Crippen LogP contribution in [0.4, 0.5) is 15.3 Å². The Balaban J connectivity index is 2.74. The number of amides is 2. The van der Waals surface area contributed by atoms with Gasteiger partial charge >= 0.3 is 11.3 Å². The summed E-state index contributed by atoms with van der Waals surface area (Å²) in [5.74, 6) is -0.0392. The average molecular weight is 296 g/mol. The summed E-state index contributed by atoms with van der Waals surface area (Å²) in [6, 6.07) is 6.40. The number of urea groups is 1. The van der Waals surface area contributed by atoms with Crippen LogP contribution in [-0.2, 0) is 4.74 Å². The SMILES string of the molecule is CCOC(=O)Sc1cccc(N=C(N)NC(=O)NC)c1. The smallest absolute Gasteiger partial charge is 0.372 e. The lowest BCUT2D eigenvalue weighted by molar-refractivity contribution is 0.181. The minimum absolute atomic E-state index is 0.0392. The van der Waals surface area contributed by atoms with E-state index in [1.54, 1.807) is 31.2 Å².